The molecule has 24 heavy (non-hydrogen) atoms. The summed E-state index contributed by atoms with van der Waals surface area (Å²) in [4.78, 5) is 16.9. The molecule has 0 radical (unpaired) electrons. The van der Waals surface area contributed by atoms with Crippen molar-refractivity contribution in [3.63, 3.8) is 0 Å². The van der Waals surface area contributed by atoms with Crippen molar-refractivity contribution in [3.05, 3.63) is 17.5 Å². The van der Waals surface area contributed by atoms with E-state index in [2.05, 4.69) is 10.1 Å². The molecule has 2 saturated heterocycles. The van der Waals surface area contributed by atoms with Crippen LogP contribution < -0.4 is 0 Å². The number of rotatable bonds is 5. The molecule has 0 bridgehead atoms. The molecule has 1 aliphatic carbocycles. The molecule has 1 saturated carbocycles. The number of fused-ring (bicyclic) bond motifs is 1. The highest BCUT2D eigenvalue weighted by Gasteiger charge is 2.39. The smallest absolute Gasteiger partial charge is 0.276 e. The zero-order chi connectivity index (χ0) is 16.5. The van der Waals surface area contributed by atoms with E-state index in [9.17, 15) is 4.79 Å². The summed E-state index contributed by atoms with van der Waals surface area (Å²) < 4.78 is 16.5. The molecule has 7 heteroatoms. The minimum atomic E-state index is -0.0363. The van der Waals surface area contributed by atoms with Crippen molar-refractivity contribution >= 4 is 5.91 Å². The Morgan fingerprint density at radius 3 is 3.04 bits per heavy atom. The van der Waals surface area contributed by atoms with Crippen LogP contribution in [-0.4, -0.2) is 80.0 Å². The topological polar surface area (TPSA) is 68.0 Å². The Morgan fingerprint density at radius 1 is 1.38 bits per heavy atom. The van der Waals surface area contributed by atoms with Crippen molar-refractivity contribution in [3.8, 4) is 0 Å². The summed E-state index contributed by atoms with van der Waals surface area (Å²) in [7, 11) is 1.72. The highest BCUT2D eigenvalue weighted by molar-refractivity contribution is 5.92. The maximum absolute atomic E-state index is 12.7. The third kappa shape index (κ3) is 3.34. The molecule has 132 valence electrons. The third-order valence-electron chi connectivity index (χ3n) is 5.24. The van der Waals surface area contributed by atoms with Crippen molar-refractivity contribution in [2.24, 2.45) is 5.92 Å². The van der Waals surface area contributed by atoms with E-state index in [4.69, 9.17) is 14.0 Å². The largest absolute Gasteiger partial charge is 0.383 e. The van der Waals surface area contributed by atoms with E-state index in [1.807, 2.05) is 11.0 Å². The molecule has 0 N–H and O–H groups in total. The van der Waals surface area contributed by atoms with E-state index in [-0.39, 0.29) is 12.0 Å². The Balaban J connectivity index is 1.38. The fraction of sp³-hybridized carbons (Fsp3) is 0.765. The molecular weight excluding hydrogens is 310 g/mol. The summed E-state index contributed by atoms with van der Waals surface area (Å²) >= 11 is 0. The molecule has 0 aromatic carbocycles. The molecule has 3 heterocycles. The molecule has 0 unspecified atom stereocenters. The average molecular weight is 335 g/mol. The van der Waals surface area contributed by atoms with Crippen LogP contribution in [0.25, 0.3) is 0 Å². The second-order valence-corrected chi connectivity index (χ2v) is 7.06. The van der Waals surface area contributed by atoms with Crippen LogP contribution in [0.3, 0.4) is 0 Å². The van der Waals surface area contributed by atoms with Crippen LogP contribution >= 0.6 is 0 Å². The van der Waals surface area contributed by atoms with Crippen LogP contribution in [0.5, 0.6) is 0 Å². The molecule has 1 aromatic rings. The van der Waals surface area contributed by atoms with Gasteiger partial charge in [-0.25, -0.2) is 0 Å². The first-order chi connectivity index (χ1) is 11.7. The van der Waals surface area contributed by atoms with Crippen LogP contribution in [0.1, 0.15) is 35.0 Å². The first-order valence-electron chi connectivity index (χ1n) is 8.83. The number of aromatic nitrogens is 1. The van der Waals surface area contributed by atoms with Crippen molar-refractivity contribution in [2.45, 2.75) is 24.9 Å². The van der Waals surface area contributed by atoms with Gasteiger partial charge in [0.2, 0.25) is 0 Å². The minimum absolute atomic E-state index is 0.0363. The Hall–Kier alpha value is -1.44. The van der Waals surface area contributed by atoms with Gasteiger partial charge in [-0.15, -0.1) is 0 Å². The van der Waals surface area contributed by atoms with E-state index in [0.29, 0.717) is 30.7 Å². The zero-order valence-electron chi connectivity index (χ0n) is 14.1. The Bertz CT molecular complexity index is 584. The number of hydrogen-bond acceptors (Lipinski definition) is 6. The van der Waals surface area contributed by atoms with E-state index < -0.39 is 0 Å². The summed E-state index contributed by atoms with van der Waals surface area (Å²) in [6.07, 6.45) is 2.40. The number of hydrogen-bond donors (Lipinski definition) is 0. The summed E-state index contributed by atoms with van der Waals surface area (Å²) in [6, 6.07) is 1.82. The van der Waals surface area contributed by atoms with Gasteiger partial charge in [0.05, 0.1) is 19.3 Å². The SMILES string of the molecule is COCCN1CCO[C@@H]2CN(C(=O)c3cc(C4CC4)on3)C[C@@H]2C1. The average Bonchev–Trinajstić information content (AvgIpc) is 3.25. The summed E-state index contributed by atoms with van der Waals surface area (Å²) in [5, 5.41) is 3.98. The number of amides is 1. The first-order valence-corrected chi connectivity index (χ1v) is 8.83. The van der Waals surface area contributed by atoms with Crippen molar-refractivity contribution in [2.75, 3.05) is 53.0 Å². The molecule has 3 fully saturated rings. The van der Waals surface area contributed by atoms with Gasteiger partial charge in [-0.1, -0.05) is 5.16 Å². The van der Waals surface area contributed by atoms with Gasteiger partial charge in [0.1, 0.15) is 5.76 Å². The van der Waals surface area contributed by atoms with Gasteiger partial charge in [-0.3, -0.25) is 9.69 Å². The predicted molar refractivity (Wildman–Crippen MR) is 85.9 cm³/mol. The van der Waals surface area contributed by atoms with Crippen LogP contribution in [-0.2, 0) is 9.47 Å². The van der Waals surface area contributed by atoms with Gasteiger partial charge >= 0.3 is 0 Å². The zero-order valence-corrected chi connectivity index (χ0v) is 14.1. The monoisotopic (exact) mass is 335 g/mol. The lowest BCUT2D eigenvalue weighted by Crippen LogP contribution is -2.35. The molecule has 2 aliphatic heterocycles. The van der Waals surface area contributed by atoms with Gasteiger partial charge in [-0.2, -0.15) is 0 Å². The number of carbonyl (C=O) groups is 1. The van der Waals surface area contributed by atoms with Crippen molar-refractivity contribution in [1.29, 1.82) is 0 Å². The number of carbonyl (C=O) groups excluding carboxylic acids is 1. The van der Waals surface area contributed by atoms with Crippen molar-refractivity contribution in [1.82, 2.24) is 15.0 Å². The van der Waals surface area contributed by atoms with Gasteiger partial charge < -0.3 is 18.9 Å². The minimum Gasteiger partial charge on any atom is -0.383 e. The molecule has 0 spiro atoms. The molecule has 3 aliphatic rings. The van der Waals surface area contributed by atoms with Crippen molar-refractivity contribution < 1.29 is 18.8 Å². The highest BCUT2D eigenvalue weighted by atomic mass is 16.5. The first kappa shape index (κ1) is 16.1. The summed E-state index contributed by atoms with van der Waals surface area (Å²) in [5.41, 5.74) is 0.435. The Morgan fingerprint density at radius 2 is 2.25 bits per heavy atom. The standard InChI is InChI=1S/C17H25N3O4/c1-22-6-4-19-5-7-23-16-11-20(10-13(16)9-19)17(21)14-8-15(24-18-14)12-2-3-12/h8,12-13,16H,2-7,9-11H2,1H3/t13-,16+/m0/s1. The maximum Gasteiger partial charge on any atom is 0.276 e. The fourth-order valence-corrected chi connectivity index (χ4v) is 3.66. The van der Waals surface area contributed by atoms with Gasteiger partial charge in [0.15, 0.2) is 5.69 Å². The van der Waals surface area contributed by atoms with E-state index in [0.717, 1.165) is 51.4 Å². The normalized spacial score (nSPS) is 28.0. The highest BCUT2D eigenvalue weighted by Crippen LogP contribution is 2.40. The van der Waals surface area contributed by atoms with Crippen LogP contribution in [0.4, 0.5) is 0 Å². The lowest BCUT2D eigenvalue weighted by Gasteiger charge is -2.22. The van der Waals surface area contributed by atoms with Crippen LogP contribution in [0, 0.1) is 5.92 Å². The molecule has 1 amide bonds. The number of nitrogens with zero attached hydrogens (tertiary/aromatic N) is 3. The lowest BCUT2D eigenvalue weighted by atomic mass is 10.1. The molecule has 1 aromatic heterocycles. The van der Waals surface area contributed by atoms with Gasteiger partial charge in [-0.05, 0) is 12.8 Å². The molecule has 4 rings (SSSR count). The second-order valence-electron chi connectivity index (χ2n) is 7.06. The quantitative estimate of drug-likeness (QED) is 0.799. The fourth-order valence-electron chi connectivity index (χ4n) is 3.66. The van der Waals surface area contributed by atoms with Crippen LogP contribution in [0.15, 0.2) is 10.6 Å². The van der Waals surface area contributed by atoms with E-state index in [1.165, 1.54) is 0 Å². The summed E-state index contributed by atoms with van der Waals surface area (Å²) in [5.74, 6) is 1.64. The number of ether oxygens (including phenoxy) is 2. The second kappa shape index (κ2) is 6.82. The Labute approximate surface area is 141 Å². The van der Waals surface area contributed by atoms with E-state index >= 15 is 0 Å². The molecule has 7 nitrogen and oxygen atoms in total. The molecular formula is C17H25N3O4. The third-order valence-corrected chi connectivity index (χ3v) is 5.24. The van der Waals surface area contributed by atoms with Crippen LogP contribution in [0.2, 0.25) is 0 Å². The maximum atomic E-state index is 12.7. The van der Waals surface area contributed by atoms with E-state index in [1.54, 1.807) is 7.11 Å². The van der Waals surface area contributed by atoms with Gasteiger partial charge in [0.25, 0.3) is 5.91 Å². The predicted octanol–water partition coefficient (Wildman–Crippen LogP) is 0.971. The number of likely N-dealkylation sites (tertiary alicyclic amines) is 1. The number of methoxy groups -OCH3 is 1. The van der Waals surface area contributed by atoms with Gasteiger partial charge in [0, 0.05) is 57.7 Å². The molecule has 2 atom stereocenters. The lowest BCUT2D eigenvalue weighted by molar-refractivity contribution is 0.0478. The summed E-state index contributed by atoms with van der Waals surface area (Å²) in [6.45, 7) is 5.59. The Kier molecular flexibility index (Phi) is 4.56.